The third-order valence-corrected chi connectivity index (χ3v) is 3.72. The summed E-state index contributed by atoms with van der Waals surface area (Å²) in [6.45, 7) is -1.28. The maximum atomic E-state index is 12.4. The number of benzene rings is 2. The lowest BCUT2D eigenvalue weighted by Crippen LogP contribution is -2.07. The second-order valence-electron chi connectivity index (χ2n) is 5.70. The molecule has 0 saturated heterocycles. The summed E-state index contributed by atoms with van der Waals surface area (Å²) in [6.07, 6.45) is 0. The van der Waals surface area contributed by atoms with Crippen molar-refractivity contribution < 1.29 is 32.3 Å². The van der Waals surface area contributed by atoms with Crippen LogP contribution < -0.4 is 9.47 Å². The number of methoxy groups -OCH3 is 1. The van der Waals surface area contributed by atoms with Crippen LogP contribution in [0, 0.1) is 6.92 Å². The van der Waals surface area contributed by atoms with Gasteiger partial charge in [-0.3, -0.25) is 0 Å². The molecule has 9 heteroatoms. The van der Waals surface area contributed by atoms with Crippen LogP contribution in [0.15, 0.2) is 47.0 Å². The quantitative estimate of drug-likeness (QED) is 0.564. The first kappa shape index (κ1) is 19.3. The van der Waals surface area contributed by atoms with E-state index in [9.17, 15) is 13.6 Å². The van der Waals surface area contributed by atoms with Crippen molar-refractivity contribution in [3.05, 3.63) is 59.5 Å². The largest absolute Gasteiger partial charge is 0.493 e. The Morgan fingerprint density at radius 2 is 1.89 bits per heavy atom. The standard InChI is InChI=1S/C19H16F2N2O5/c1-11-3-5-12(6-4-11)17-22-16(28-23-17)10-26-18(24)13-7-8-14(27-19(20)21)15(9-13)25-2/h3-9,19H,10H2,1-2H3. The molecule has 0 N–H and O–H groups in total. The lowest BCUT2D eigenvalue weighted by Gasteiger charge is -2.10. The Hall–Kier alpha value is -3.49. The molecule has 2 aromatic carbocycles. The van der Waals surface area contributed by atoms with Gasteiger partial charge in [-0.15, -0.1) is 0 Å². The Labute approximate surface area is 158 Å². The zero-order chi connectivity index (χ0) is 20.1. The number of aryl methyl sites for hydroxylation is 1. The van der Waals surface area contributed by atoms with Gasteiger partial charge >= 0.3 is 12.6 Å². The maximum Gasteiger partial charge on any atom is 0.387 e. The molecule has 28 heavy (non-hydrogen) atoms. The summed E-state index contributed by atoms with van der Waals surface area (Å²) in [5, 5.41) is 3.85. The molecular weight excluding hydrogens is 374 g/mol. The smallest absolute Gasteiger partial charge is 0.387 e. The molecule has 0 saturated carbocycles. The summed E-state index contributed by atoms with van der Waals surface area (Å²) < 4.78 is 44.2. The second kappa shape index (κ2) is 8.47. The van der Waals surface area contributed by atoms with Crippen LogP contribution in [0.25, 0.3) is 11.4 Å². The Bertz CT molecular complexity index is 957. The van der Waals surface area contributed by atoms with Crippen LogP contribution in [0.1, 0.15) is 21.8 Å². The minimum Gasteiger partial charge on any atom is -0.493 e. The van der Waals surface area contributed by atoms with E-state index in [4.69, 9.17) is 14.0 Å². The molecule has 0 radical (unpaired) electrons. The lowest BCUT2D eigenvalue weighted by atomic mass is 10.1. The molecule has 0 aliphatic rings. The molecule has 0 aliphatic carbocycles. The van der Waals surface area contributed by atoms with Crippen LogP contribution in [-0.2, 0) is 11.3 Å². The molecule has 0 aliphatic heterocycles. The number of carbonyl (C=O) groups excluding carboxylic acids is 1. The fourth-order valence-corrected chi connectivity index (χ4v) is 2.33. The van der Waals surface area contributed by atoms with Crippen LogP contribution in [0.4, 0.5) is 8.78 Å². The lowest BCUT2D eigenvalue weighted by molar-refractivity contribution is -0.0512. The predicted molar refractivity (Wildman–Crippen MR) is 93.2 cm³/mol. The van der Waals surface area contributed by atoms with E-state index in [1.807, 2.05) is 31.2 Å². The number of rotatable bonds is 7. The molecule has 0 bridgehead atoms. The highest BCUT2D eigenvalue weighted by atomic mass is 19.3. The van der Waals surface area contributed by atoms with E-state index in [-0.39, 0.29) is 29.6 Å². The summed E-state index contributed by atoms with van der Waals surface area (Å²) in [4.78, 5) is 16.4. The van der Waals surface area contributed by atoms with Crippen LogP contribution in [-0.4, -0.2) is 29.8 Å². The van der Waals surface area contributed by atoms with E-state index >= 15 is 0 Å². The number of alkyl halides is 2. The Kier molecular flexibility index (Phi) is 5.83. The average molecular weight is 390 g/mol. The van der Waals surface area contributed by atoms with E-state index < -0.39 is 12.6 Å². The van der Waals surface area contributed by atoms with Crippen molar-refractivity contribution in [1.82, 2.24) is 10.1 Å². The third-order valence-electron chi connectivity index (χ3n) is 3.72. The summed E-state index contributed by atoms with van der Waals surface area (Å²) >= 11 is 0. The molecule has 0 spiro atoms. The van der Waals surface area contributed by atoms with Gasteiger partial charge in [0.1, 0.15) is 0 Å². The average Bonchev–Trinajstić information content (AvgIpc) is 3.15. The molecule has 1 aromatic heterocycles. The first-order valence-electron chi connectivity index (χ1n) is 8.16. The van der Waals surface area contributed by atoms with Gasteiger partial charge in [-0.1, -0.05) is 35.0 Å². The van der Waals surface area contributed by atoms with E-state index in [2.05, 4.69) is 14.9 Å². The highest BCUT2D eigenvalue weighted by Crippen LogP contribution is 2.29. The first-order chi connectivity index (χ1) is 13.5. The molecule has 1 heterocycles. The van der Waals surface area contributed by atoms with Crippen molar-refractivity contribution in [3.8, 4) is 22.9 Å². The SMILES string of the molecule is COc1cc(C(=O)OCc2nc(-c3ccc(C)cc3)no2)ccc1OC(F)F. The van der Waals surface area contributed by atoms with Gasteiger partial charge in [0.05, 0.1) is 12.7 Å². The first-order valence-corrected chi connectivity index (χ1v) is 8.16. The van der Waals surface area contributed by atoms with Crippen molar-refractivity contribution in [2.45, 2.75) is 20.1 Å². The number of halogens is 2. The van der Waals surface area contributed by atoms with Gasteiger partial charge in [0.15, 0.2) is 18.1 Å². The number of carbonyl (C=O) groups is 1. The van der Waals surface area contributed by atoms with Gasteiger partial charge in [0, 0.05) is 5.56 Å². The van der Waals surface area contributed by atoms with Gasteiger partial charge < -0.3 is 18.7 Å². The Balaban J connectivity index is 1.65. The van der Waals surface area contributed by atoms with Gasteiger partial charge in [-0.25, -0.2) is 4.79 Å². The molecule has 0 unspecified atom stereocenters. The van der Waals surface area contributed by atoms with E-state index in [1.54, 1.807) is 0 Å². The van der Waals surface area contributed by atoms with Crippen LogP contribution in [0.5, 0.6) is 11.5 Å². The summed E-state index contributed by atoms with van der Waals surface area (Å²) in [5.41, 5.74) is 1.96. The molecule has 3 aromatic rings. The van der Waals surface area contributed by atoms with Crippen LogP contribution in [0.3, 0.4) is 0 Å². The second-order valence-corrected chi connectivity index (χ2v) is 5.70. The van der Waals surface area contributed by atoms with Crippen LogP contribution in [0.2, 0.25) is 0 Å². The summed E-state index contributed by atoms with van der Waals surface area (Å²) in [7, 11) is 1.27. The third kappa shape index (κ3) is 4.61. The number of nitrogens with zero attached hydrogens (tertiary/aromatic N) is 2. The van der Waals surface area contributed by atoms with Gasteiger partial charge in [0.25, 0.3) is 5.89 Å². The number of esters is 1. The van der Waals surface area contributed by atoms with E-state index in [0.29, 0.717) is 5.82 Å². The number of aromatic nitrogens is 2. The zero-order valence-corrected chi connectivity index (χ0v) is 15.0. The van der Waals surface area contributed by atoms with Crippen LogP contribution >= 0.6 is 0 Å². The van der Waals surface area contributed by atoms with Gasteiger partial charge in [0.2, 0.25) is 5.82 Å². The molecule has 0 fully saturated rings. The highest BCUT2D eigenvalue weighted by molar-refractivity contribution is 5.90. The minimum absolute atomic E-state index is 0.0193. The number of ether oxygens (including phenoxy) is 3. The molecule has 146 valence electrons. The van der Waals surface area contributed by atoms with Crippen molar-refractivity contribution in [2.75, 3.05) is 7.11 Å². The van der Waals surface area contributed by atoms with E-state index in [0.717, 1.165) is 11.1 Å². The summed E-state index contributed by atoms with van der Waals surface area (Å²) in [6, 6.07) is 11.3. The van der Waals surface area contributed by atoms with Crippen molar-refractivity contribution in [3.63, 3.8) is 0 Å². The molecule has 7 nitrogen and oxygen atoms in total. The Morgan fingerprint density at radius 1 is 1.14 bits per heavy atom. The zero-order valence-electron chi connectivity index (χ0n) is 15.0. The number of hydrogen-bond acceptors (Lipinski definition) is 7. The predicted octanol–water partition coefficient (Wildman–Crippen LogP) is 4.01. The van der Waals surface area contributed by atoms with Crippen molar-refractivity contribution in [1.29, 1.82) is 0 Å². The maximum absolute atomic E-state index is 12.4. The van der Waals surface area contributed by atoms with Crippen molar-refractivity contribution in [2.24, 2.45) is 0 Å². The topological polar surface area (TPSA) is 83.7 Å². The fourth-order valence-electron chi connectivity index (χ4n) is 2.33. The van der Waals surface area contributed by atoms with Gasteiger partial charge in [-0.2, -0.15) is 13.8 Å². The number of hydrogen-bond donors (Lipinski definition) is 0. The van der Waals surface area contributed by atoms with Gasteiger partial charge in [-0.05, 0) is 25.1 Å². The molecular formula is C19H16F2N2O5. The van der Waals surface area contributed by atoms with Crippen molar-refractivity contribution >= 4 is 5.97 Å². The normalized spacial score (nSPS) is 10.8. The summed E-state index contributed by atoms with van der Waals surface area (Å²) in [5.74, 6) is -0.422. The Morgan fingerprint density at radius 3 is 2.57 bits per heavy atom. The minimum atomic E-state index is -3.01. The monoisotopic (exact) mass is 390 g/mol. The molecule has 0 amide bonds. The fraction of sp³-hybridized carbons (Fsp3) is 0.211. The van der Waals surface area contributed by atoms with E-state index in [1.165, 1.54) is 25.3 Å². The molecule has 0 atom stereocenters. The molecule has 3 rings (SSSR count). The highest BCUT2D eigenvalue weighted by Gasteiger charge is 2.16.